The standard InChI is InChI=1S/C17H16BrNO2/c1-2-6-16(20)21-19-17(13-7-4-3-5-8-13)14-9-11-15(18)12-10-14/h3-5,7-12H,2,6H2,1H3/b19-17+. The molecule has 0 amide bonds. The van der Waals surface area contributed by atoms with Crippen molar-refractivity contribution in [1.82, 2.24) is 0 Å². The lowest BCUT2D eigenvalue weighted by atomic mass is 10.0. The van der Waals surface area contributed by atoms with E-state index in [1.165, 1.54) is 0 Å². The zero-order valence-electron chi connectivity index (χ0n) is 11.8. The smallest absolute Gasteiger partial charge is 0.318 e. The van der Waals surface area contributed by atoms with Crippen LogP contribution in [0.2, 0.25) is 0 Å². The number of halogens is 1. The van der Waals surface area contributed by atoms with Gasteiger partial charge in [0, 0.05) is 22.0 Å². The fourth-order valence-corrected chi connectivity index (χ4v) is 2.09. The summed E-state index contributed by atoms with van der Waals surface area (Å²) in [5.41, 5.74) is 2.45. The Hall–Kier alpha value is -1.94. The van der Waals surface area contributed by atoms with Crippen LogP contribution >= 0.6 is 15.9 Å². The molecule has 0 unspecified atom stereocenters. The molecule has 0 aromatic heterocycles. The average molecular weight is 346 g/mol. The van der Waals surface area contributed by atoms with Crippen LogP contribution in [0.15, 0.2) is 64.2 Å². The van der Waals surface area contributed by atoms with E-state index < -0.39 is 0 Å². The molecule has 21 heavy (non-hydrogen) atoms. The summed E-state index contributed by atoms with van der Waals surface area (Å²) in [5, 5.41) is 4.06. The van der Waals surface area contributed by atoms with Crippen LogP contribution in [0, 0.1) is 0 Å². The molecule has 4 heteroatoms. The van der Waals surface area contributed by atoms with E-state index in [0.717, 1.165) is 22.0 Å². The van der Waals surface area contributed by atoms with Gasteiger partial charge in [-0.15, -0.1) is 0 Å². The molecule has 0 N–H and O–H groups in total. The quantitative estimate of drug-likeness (QED) is 0.453. The predicted molar refractivity (Wildman–Crippen MR) is 87.2 cm³/mol. The number of oxime groups is 1. The third kappa shape index (κ3) is 4.53. The molecule has 2 rings (SSSR count). The Kier molecular flexibility index (Phi) is 5.69. The summed E-state index contributed by atoms with van der Waals surface area (Å²) >= 11 is 3.41. The lowest BCUT2D eigenvalue weighted by Gasteiger charge is -2.07. The van der Waals surface area contributed by atoms with Gasteiger partial charge in [-0.3, -0.25) is 0 Å². The molecule has 0 aliphatic carbocycles. The Morgan fingerprint density at radius 2 is 1.67 bits per heavy atom. The maximum absolute atomic E-state index is 11.5. The highest BCUT2D eigenvalue weighted by molar-refractivity contribution is 9.10. The highest BCUT2D eigenvalue weighted by Gasteiger charge is 2.09. The van der Waals surface area contributed by atoms with Crippen molar-refractivity contribution in [2.75, 3.05) is 0 Å². The van der Waals surface area contributed by atoms with Gasteiger partial charge in [-0.25, -0.2) is 4.79 Å². The van der Waals surface area contributed by atoms with Gasteiger partial charge in [0.2, 0.25) is 0 Å². The first-order valence-electron chi connectivity index (χ1n) is 6.80. The van der Waals surface area contributed by atoms with Gasteiger partial charge < -0.3 is 4.84 Å². The molecule has 0 heterocycles. The summed E-state index contributed by atoms with van der Waals surface area (Å²) < 4.78 is 0.988. The number of carbonyl (C=O) groups excluding carboxylic acids is 1. The summed E-state index contributed by atoms with van der Waals surface area (Å²) in [7, 11) is 0. The first-order chi connectivity index (χ1) is 10.2. The third-order valence-corrected chi connectivity index (χ3v) is 3.39. The van der Waals surface area contributed by atoms with E-state index in [9.17, 15) is 4.79 Å². The Labute approximate surface area is 132 Å². The Balaban J connectivity index is 2.33. The van der Waals surface area contributed by atoms with Gasteiger partial charge in [0.15, 0.2) is 0 Å². The van der Waals surface area contributed by atoms with E-state index in [1.54, 1.807) is 0 Å². The van der Waals surface area contributed by atoms with Crippen molar-refractivity contribution < 1.29 is 9.63 Å². The molecule has 0 saturated heterocycles. The molecule has 2 aromatic rings. The van der Waals surface area contributed by atoms with E-state index in [2.05, 4.69) is 21.1 Å². The summed E-state index contributed by atoms with van der Waals surface area (Å²) in [6.07, 6.45) is 1.11. The average Bonchev–Trinajstić information content (AvgIpc) is 2.50. The normalized spacial score (nSPS) is 11.2. The van der Waals surface area contributed by atoms with Crippen LogP contribution in [0.25, 0.3) is 0 Å². The van der Waals surface area contributed by atoms with Gasteiger partial charge in [0.05, 0.1) is 0 Å². The van der Waals surface area contributed by atoms with Gasteiger partial charge in [0.1, 0.15) is 5.71 Å². The van der Waals surface area contributed by atoms with E-state index in [0.29, 0.717) is 12.1 Å². The van der Waals surface area contributed by atoms with Crippen LogP contribution in [-0.2, 0) is 9.63 Å². The number of nitrogens with zero attached hydrogens (tertiary/aromatic N) is 1. The maximum atomic E-state index is 11.5. The van der Waals surface area contributed by atoms with Gasteiger partial charge in [-0.05, 0) is 18.6 Å². The van der Waals surface area contributed by atoms with Crippen LogP contribution < -0.4 is 0 Å². The molecular formula is C17H16BrNO2. The fraction of sp³-hybridized carbons (Fsp3) is 0.176. The molecule has 0 bridgehead atoms. The number of carbonyl (C=O) groups is 1. The topological polar surface area (TPSA) is 38.7 Å². The van der Waals surface area contributed by atoms with Crippen molar-refractivity contribution in [2.24, 2.45) is 5.16 Å². The highest BCUT2D eigenvalue weighted by atomic mass is 79.9. The lowest BCUT2D eigenvalue weighted by Crippen LogP contribution is -2.07. The molecule has 0 spiro atoms. The van der Waals surface area contributed by atoms with E-state index >= 15 is 0 Å². The number of hydrogen-bond acceptors (Lipinski definition) is 3. The van der Waals surface area contributed by atoms with E-state index in [-0.39, 0.29) is 5.97 Å². The van der Waals surface area contributed by atoms with Crippen LogP contribution in [0.5, 0.6) is 0 Å². The van der Waals surface area contributed by atoms with Gasteiger partial charge in [0.25, 0.3) is 0 Å². The monoisotopic (exact) mass is 345 g/mol. The Bertz CT molecular complexity index is 621. The highest BCUT2D eigenvalue weighted by Crippen LogP contribution is 2.15. The SMILES string of the molecule is CCCC(=O)O/N=C(\c1ccccc1)c1ccc(Br)cc1. The number of hydrogen-bond donors (Lipinski definition) is 0. The van der Waals surface area contributed by atoms with Crippen LogP contribution in [0.3, 0.4) is 0 Å². The van der Waals surface area contributed by atoms with E-state index in [4.69, 9.17) is 4.84 Å². The van der Waals surface area contributed by atoms with Gasteiger partial charge in [-0.1, -0.05) is 70.5 Å². The van der Waals surface area contributed by atoms with Crippen molar-refractivity contribution >= 4 is 27.6 Å². The number of rotatable bonds is 5. The Morgan fingerprint density at radius 1 is 1.05 bits per heavy atom. The minimum absolute atomic E-state index is 0.317. The van der Waals surface area contributed by atoms with Crippen molar-refractivity contribution in [2.45, 2.75) is 19.8 Å². The van der Waals surface area contributed by atoms with Gasteiger partial charge >= 0.3 is 5.97 Å². The Morgan fingerprint density at radius 3 is 2.29 bits per heavy atom. The molecule has 0 aliphatic heterocycles. The van der Waals surface area contributed by atoms with E-state index in [1.807, 2.05) is 61.5 Å². The second-order valence-electron chi connectivity index (χ2n) is 4.53. The predicted octanol–water partition coefficient (Wildman–Crippen LogP) is 4.54. The van der Waals surface area contributed by atoms with Crippen LogP contribution in [0.4, 0.5) is 0 Å². The first-order valence-corrected chi connectivity index (χ1v) is 7.59. The molecule has 0 fully saturated rings. The minimum Gasteiger partial charge on any atom is -0.318 e. The molecule has 2 aromatic carbocycles. The molecule has 108 valence electrons. The second kappa shape index (κ2) is 7.74. The molecule has 0 atom stereocenters. The van der Waals surface area contributed by atoms with Crippen LogP contribution in [0.1, 0.15) is 30.9 Å². The van der Waals surface area contributed by atoms with Crippen molar-refractivity contribution in [1.29, 1.82) is 0 Å². The first kappa shape index (κ1) is 15.4. The van der Waals surface area contributed by atoms with Gasteiger partial charge in [-0.2, -0.15) is 0 Å². The summed E-state index contributed by atoms with van der Waals surface area (Å²) in [6, 6.07) is 17.4. The number of benzene rings is 2. The largest absolute Gasteiger partial charge is 0.335 e. The minimum atomic E-state index is -0.317. The molecule has 0 saturated carbocycles. The summed E-state index contributed by atoms with van der Waals surface area (Å²) in [4.78, 5) is 16.5. The van der Waals surface area contributed by atoms with Crippen molar-refractivity contribution in [3.63, 3.8) is 0 Å². The molecule has 3 nitrogen and oxygen atoms in total. The lowest BCUT2D eigenvalue weighted by molar-refractivity contribution is -0.143. The summed E-state index contributed by atoms with van der Waals surface area (Å²) in [5.74, 6) is -0.317. The third-order valence-electron chi connectivity index (χ3n) is 2.86. The van der Waals surface area contributed by atoms with Crippen molar-refractivity contribution in [3.8, 4) is 0 Å². The molecule has 0 aliphatic rings. The second-order valence-corrected chi connectivity index (χ2v) is 5.44. The zero-order valence-corrected chi connectivity index (χ0v) is 13.3. The fourth-order valence-electron chi connectivity index (χ4n) is 1.82. The van der Waals surface area contributed by atoms with Crippen molar-refractivity contribution in [3.05, 3.63) is 70.2 Å². The van der Waals surface area contributed by atoms with Crippen LogP contribution in [-0.4, -0.2) is 11.7 Å². The molecule has 0 radical (unpaired) electrons. The summed E-state index contributed by atoms with van der Waals surface area (Å²) in [6.45, 7) is 1.93. The maximum Gasteiger partial charge on any atom is 0.335 e. The molecular weight excluding hydrogens is 330 g/mol. The zero-order chi connectivity index (χ0) is 15.1.